The Labute approximate surface area is 156 Å². The first-order valence-corrected chi connectivity index (χ1v) is 10.5. The topological polar surface area (TPSA) is 48.9 Å². The second-order valence-corrected chi connectivity index (χ2v) is 7.49. The van der Waals surface area contributed by atoms with E-state index in [9.17, 15) is 0 Å². The second kappa shape index (κ2) is 11.5. The van der Waals surface area contributed by atoms with Gasteiger partial charge in [-0.3, -0.25) is 9.89 Å². The zero-order chi connectivity index (χ0) is 17.9. The minimum atomic E-state index is 0.460. The average Bonchev–Trinajstić information content (AvgIpc) is 3.09. The maximum Gasteiger partial charge on any atom is 0.191 e. The van der Waals surface area contributed by atoms with Gasteiger partial charge in [0.25, 0.3) is 0 Å². The summed E-state index contributed by atoms with van der Waals surface area (Å²) in [6.07, 6.45) is 3.37. The molecule has 142 valence electrons. The lowest BCUT2D eigenvalue weighted by Gasteiger charge is -2.31. The third kappa shape index (κ3) is 6.96. The number of ether oxygens (including phenoxy) is 1. The summed E-state index contributed by atoms with van der Waals surface area (Å²) in [5.41, 5.74) is 1.51. The second-order valence-electron chi connectivity index (χ2n) is 6.49. The fraction of sp³-hybridized carbons (Fsp3) is 0.737. The van der Waals surface area contributed by atoms with Gasteiger partial charge in [0.2, 0.25) is 0 Å². The molecule has 0 bridgehead atoms. The van der Waals surface area contributed by atoms with Crippen molar-refractivity contribution in [2.24, 2.45) is 4.99 Å². The van der Waals surface area contributed by atoms with Crippen LogP contribution in [0.5, 0.6) is 0 Å². The van der Waals surface area contributed by atoms with Gasteiger partial charge >= 0.3 is 0 Å². The summed E-state index contributed by atoms with van der Waals surface area (Å²) in [6.45, 7) is 13.0. The minimum Gasteiger partial charge on any atom is -0.382 e. The number of nitrogens with one attached hydrogen (secondary N) is 2. The van der Waals surface area contributed by atoms with Crippen molar-refractivity contribution in [3.05, 3.63) is 21.9 Å². The number of fused-ring (bicyclic) bond motifs is 1. The first-order chi connectivity index (χ1) is 12.2. The quantitative estimate of drug-likeness (QED) is 0.380. The van der Waals surface area contributed by atoms with E-state index in [2.05, 4.69) is 40.8 Å². The van der Waals surface area contributed by atoms with Crippen molar-refractivity contribution in [3.8, 4) is 0 Å². The molecule has 0 amide bonds. The van der Waals surface area contributed by atoms with E-state index in [4.69, 9.17) is 9.73 Å². The Morgan fingerprint density at radius 3 is 3.04 bits per heavy atom. The molecule has 2 N–H and O–H groups in total. The number of hydrogen-bond acceptors (Lipinski definition) is 4. The standard InChI is InChI=1S/C19H34N4OS/c1-4-20-19(21-10-6-7-12-24-5-2)22-14-16(3)23-11-8-18-17(15-23)9-13-25-18/h9,13,16H,4-8,10-12,14-15H2,1-3H3,(H2,20,21,22). The number of thiophene rings is 1. The summed E-state index contributed by atoms with van der Waals surface area (Å²) in [5.74, 6) is 0.930. The minimum absolute atomic E-state index is 0.460. The van der Waals surface area contributed by atoms with Crippen molar-refractivity contribution in [2.75, 3.05) is 39.4 Å². The Kier molecular flexibility index (Phi) is 9.29. The molecule has 0 radical (unpaired) electrons. The number of aliphatic imine (C=N–C) groups is 1. The molecule has 1 unspecified atom stereocenters. The molecule has 0 fully saturated rings. The van der Waals surface area contributed by atoms with E-state index in [1.807, 2.05) is 18.3 Å². The molecule has 2 heterocycles. The zero-order valence-electron chi connectivity index (χ0n) is 16.0. The Morgan fingerprint density at radius 2 is 2.24 bits per heavy atom. The average molecular weight is 367 g/mol. The van der Waals surface area contributed by atoms with Gasteiger partial charge in [-0.1, -0.05) is 0 Å². The maximum absolute atomic E-state index is 5.37. The van der Waals surface area contributed by atoms with Crippen LogP contribution in [0.15, 0.2) is 16.4 Å². The van der Waals surface area contributed by atoms with E-state index in [1.54, 1.807) is 4.88 Å². The fourth-order valence-corrected chi connectivity index (χ4v) is 3.90. The van der Waals surface area contributed by atoms with Crippen molar-refractivity contribution in [3.63, 3.8) is 0 Å². The molecule has 0 saturated heterocycles. The monoisotopic (exact) mass is 366 g/mol. The Bertz CT molecular complexity index is 517. The normalized spacial score (nSPS) is 16.5. The smallest absolute Gasteiger partial charge is 0.191 e. The highest BCUT2D eigenvalue weighted by Gasteiger charge is 2.21. The van der Waals surface area contributed by atoms with Gasteiger partial charge in [0, 0.05) is 50.3 Å². The molecule has 6 heteroatoms. The van der Waals surface area contributed by atoms with E-state index in [0.717, 1.165) is 64.7 Å². The first-order valence-electron chi connectivity index (χ1n) is 9.63. The van der Waals surface area contributed by atoms with Crippen LogP contribution in [-0.4, -0.2) is 56.3 Å². The highest BCUT2D eigenvalue weighted by molar-refractivity contribution is 7.10. The van der Waals surface area contributed by atoms with Crippen molar-refractivity contribution in [1.29, 1.82) is 0 Å². The molecule has 0 saturated carbocycles. The van der Waals surface area contributed by atoms with Gasteiger partial charge in [0.15, 0.2) is 5.96 Å². The number of nitrogens with zero attached hydrogens (tertiary/aromatic N) is 2. The van der Waals surface area contributed by atoms with Crippen LogP contribution in [0.3, 0.4) is 0 Å². The summed E-state index contributed by atoms with van der Waals surface area (Å²) in [5, 5.41) is 9.00. The summed E-state index contributed by atoms with van der Waals surface area (Å²) in [6, 6.07) is 2.73. The Hall–Kier alpha value is -1.11. The van der Waals surface area contributed by atoms with Crippen LogP contribution in [0.25, 0.3) is 0 Å². The fourth-order valence-electron chi connectivity index (χ4n) is 3.01. The number of unbranched alkanes of at least 4 members (excludes halogenated alkanes) is 1. The van der Waals surface area contributed by atoms with Crippen LogP contribution in [0, 0.1) is 0 Å². The molecule has 1 atom stereocenters. The van der Waals surface area contributed by atoms with Crippen LogP contribution in [0.4, 0.5) is 0 Å². The van der Waals surface area contributed by atoms with Gasteiger partial charge in [-0.15, -0.1) is 11.3 Å². The van der Waals surface area contributed by atoms with Crippen molar-refractivity contribution in [2.45, 2.75) is 52.6 Å². The van der Waals surface area contributed by atoms with E-state index >= 15 is 0 Å². The van der Waals surface area contributed by atoms with Gasteiger partial charge in [-0.2, -0.15) is 0 Å². The van der Waals surface area contributed by atoms with Crippen LogP contribution >= 0.6 is 11.3 Å². The molecular weight excluding hydrogens is 332 g/mol. The summed E-state index contributed by atoms with van der Waals surface area (Å²) < 4.78 is 5.37. The van der Waals surface area contributed by atoms with Crippen molar-refractivity contribution in [1.82, 2.24) is 15.5 Å². The molecule has 5 nitrogen and oxygen atoms in total. The number of rotatable bonds is 10. The first kappa shape index (κ1) is 20.2. The molecule has 1 aromatic rings. The van der Waals surface area contributed by atoms with Gasteiger partial charge < -0.3 is 15.4 Å². The number of guanidine groups is 1. The van der Waals surface area contributed by atoms with Crippen molar-refractivity contribution < 1.29 is 4.74 Å². The van der Waals surface area contributed by atoms with Crippen LogP contribution in [0.1, 0.15) is 44.1 Å². The van der Waals surface area contributed by atoms with E-state index in [-0.39, 0.29) is 0 Å². The Morgan fingerprint density at radius 1 is 1.36 bits per heavy atom. The van der Waals surface area contributed by atoms with E-state index in [0.29, 0.717) is 6.04 Å². The molecule has 1 aliphatic rings. The lowest BCUT2D eigenvalue weighted by atomic mass is 10.1. The lowest BCUT2D eigenvalue weighted by molar-refractivity contribution is 0.143. The maximum atomic E-state index is 5.37. The molecular formula is C19H34N4OS. The lowest BCUT2D eigenvalue weighted by Crippen LogP contribution is -2.41. The summed E-state index contributed by atoms with van der Waals surface area (Å²) >= 11 is 1.90. The van der Waals surface area contributed by atoms with E-state index in [1.165, 1.54) is 12.0 Å². The predicted molar refractivity (Wildman–Crippen MR) is 108 cm³/mol. The van der Waals surface area contributed by atoms with Gasteiger partial charge in [-0.25, -0.2) is 0 Å². The van der Waals surface area contributed by atoms with Gasteiger partial charge in [0.05, 0.1) is 6.54 Å². The molecule has 1 aromatic heterocycles. The Balaban J connectivity index is 1.73. The SMILES string of the molecule is CCNC(=NCC(C)N1CCc2sccc2C1)NCCCCOCC. The molecule has 2 rings (SSSR count). The third-order valence-electron chi connectivity index (χ3n) is 4.53. The summed E-state index contributed by atoms with van der Waals surface area (Å²) in [4.78, 5) is 8.90. The zero-order valence-corrected chi connectivity index (χ0v) is 16.8. The predicted octanol–water partition coefficient (Wildman–Crippen LogP) is 2.87. The number of hydrogen-bond donors (Lipinski definition) is 2. The van der Waals surface area contributed by atoms with Crippen molar-refractivity contribution >= 4 is 17.3 Å². The van der Waals surface area contributed by atoms with Crippen LogP contribution in [0.2, 0.25) is 0 Å². The third-order valence-corrected chi connectivity index (χ3v) is 5.55. The van der Waals surface area contributed by atoms with Gasteiger partial charge in [0.1, 0.15) is 0 Å². The summed E-state index contributed by atoms with van der Waals surface area (Å²) in [7, 11) is 0. The van der Waals surface area contributed by atoms with Crippen LogP contribution < -0.4 is 10.6 Å². The highest BCUT2D eigenvalue weighted by Crippen LogP contribution is 2.25. The molecule has 25 heavy (non-hydrogen) atoms. The molecule has 1 aliphatic heterocycles. The molecule has 0 spiro atoms. The highest BCUT2D eigenvalue weighted by atomic mass is 32.1. The molecule has 0 aliphatic carbocycles. The largest absolute Gasteiger partial charge is 0.382 e. The van der Waals surface area contributed by atoms with Gasteiger partial charge in [-0.05, 0) is 57.0 Å². The molecule has 0 aromatic carbocycles. The van der Waals surface area contributed by atoms with Crippen LogP contribution in [-0.2, 0) is 17.7 Å². The van der Waals surface area contributed by atoms with E-state index < -0.39 is 0 Å².